The fraction of sp³-hybridized carbons (Fsp3) is 0.240. The molecule has 0 atom stereocenters. The van der Waals surface area contributed by atoms with E-state index in [9.17, 15) is 4.79 Å². The zero-order valence-corrected chi connectivity index (χ0v) is 18.6. The van der Waals surface area contributed by atoms with Gasteiger partial charge in [0.2, 0.25) is 0 Å². The summed E-state index contributed by atoms with van der Waals surface area (Å²) in [4.78, 5) is 17.3. The Bertz CT molecular complexity index is 997. The highest BCUT2D eigenvalue weighted by Gasteiger charge is 2.23. The molecule has 1 amide bonds. The molecule has 0 saturated carbocycles. The lowest BCUT2D eigenvalue weighted by Crippen LogP contribution is -2.48. The minimum absolute atomic E-state index is 0.106. The number of ether oxygens (including phenoxy) is 1. The third-order valence-electron chi connectivity index (χ3n) is 5.53. The Balaban J connectivity index is 1.36. The summed E-state index contributed by atoms with van der Waals surface area (Å²) in [6.07, 6.45) is 0. The molecule has 5 heteroatoms. The Labute approximate surface area is 186 Å². The fourth-order valence-electron chi connectivity index (χ4n) is 3.84. The van der Waals surface area contributed by atoms with Gasteiger partial charge in [0, 0.05) is 48.3 Å². The number of halogens is 1. The molecule has 0 radical (unpaired) electrons. The highest BCUT2D eigenvalue weighted by molar-refractivity contribution is 9.10. The highest BCUT2D eigenvalue weighted by atomic mass is 79.9. The van der Waals surface area contributed by atoms with Crippen molar-refractivity contribution in [3.8, 4) is 16.9 Å². The van der Waals surface area contributed by atoms with E-state index in [0.717, 1.165) is 65.2 Å². The third-order valence-corrected chi connectivity index (χ3v) is 6.03. The first kappa shape index (κ1) is 20.6. The number of benzene rings is 3. The van der Waals surface area contributed by atoms with Gasteiger partial charge in [-0.25, -0.2) is 0 Å². The van der Waals surface area contributed by atoms with E-state index in [1.165, 1.54) is 0 Å². The van der Waals surface area contributed by atoms with E-state index in [1.807, 2.05) is 59.5 Å². The lowest BCUT2D eigenvalue weighted by Gasteiger charge is -2.35. The topological polar surface area (TPSA) is 32.8 Å². The first-order valence-corrected chi connectivity index (χ1v) is 10.9. The second kappa shape index (κ2) is 9.45. The van der Waals surface area contributed by atoms with E-state index < -0.39 is 0 Å². The van der Waals surface area contributed by atoms with E-state index in [-0.39, 0.29) is 5.91 Å². The predicted molar refractivity (Wildman–Crippen MR) is 124 cm³/mol. The second-order valence-electron chi connectivity index (χ2n) is 7.47. The van der Waals surface area contributed by atoms with Crippen molar-refractivity contribution in [2.75, 3.05) is 33.3 Å². The number of hydrogen-bond acceptors (Lipinski definition) is 3. The summed E-state index contributed by atoms with van der Waals surface area (Å²) in [5.74, 6) is 1.00. The zero-order valence-electron chi connectivity index (χ0n) is 17.1. The molecular formula is C25H25BrN2O2. The van der Waals surface area contributed by atoms with Crippen LogP contribution in [0.25, 0.3) is 11.1 Å². The van der Waals surface area contributed by atoms with E-state index >= 15 is 0 Å². The summed E-state index contributed by atoms with van der Waals surface area (Å²) >= 11 is 3.54. The van der Waals surface area contributed by atoms with Gasteiger partial charge in [-0.15, -0.1) is 0 Å². The average molecular weight is 465 g/mol. The number of piperazine rings is 1. The molecule has 3 aromatic carbocycles. The number of methoxy groups -OCH3 is 1. The van der Waals surface area contributed by atoms with E-state index in [2.05, 4.69) is 39.0 Å². The molecule has 30 heavy (non-hydrogen) atoms. The third kappa shape index (κ3) is 4.74. The van der Waals surface area contributed by atoms with Crippen LogP contribution in [0.5, 0.6) is 5.75 Å². The van der Waals surface area contributed by atoms with Gasteiger partial charge in [0.25, 0.3) is 5.91 Å². The van der Waals surface area contributed by atoms with Gasteiger partial charge in [-0.05, 0) is 41.5 Å². The van der Waals surface area contributed by atoms with Crippen molar-refractivity contribution in [2.24, 2.45) is 0 Å². The molecule has 3 aromatic rings. The van der Waals surface area contributed by atoms with Gasteiger partial charge in [-0.2, -0.15) is 0 Å². The summed E-state index contributed by atoms with van der Waals surface area (Å²) < 4.78 is 6.54. The monoisotopic (exact) mass is 464 g/mol. The van der Waals surface area contributed by atoms with Crippen LogP contribution in [0, 0.1) is 0 Å². The molecule has 4 rings (SSSR count). The summed E-state index contributed by atoms with van der Waals surface area (Å²) in [7, 11) is 1.70. The molecule has 1 heterocycles. The number of carbonyl (C=O) groups is 1. The van der Waals surface area contributed by atoms with Crippen LogP contribution in [0.15, 0.2) is 77.3 Å². The SMILES string of the molecule is COc1ccc(Br)cc1CN1CCN(C(=O)c2ccc(-c3ccccc3)cc2)CC1. The Kier molecular flexibility index (Phi) is 6.50. The first-order chi connectivity index (χ1) is 14.6. The Morgan fingerprint density at radius 3 is 2.23 bits per heavy atom. The molecule has 1 aliphatic rings. The second-order valence-corrected chi connectivity index (χ2v) is 8.38. The van der Waals surface area contributed by atoms with Gasteiger partial charge in [0.05, 0.1) is 7.11 Å². The van der Waals surface area contributed by atoms with Crippen molar-refractivity contribution in [3.63, 3.8) is 0 Å². The molecule has 0 bridgehead atoms. The molecule has 4 nitrogen and oxygen atoms in total. The number of nitrogens with zero attached hydrogens (tertiary/aromatic N) is 2. The predicted octanol–water partition coefficient (Wildman–Crippen LogP) is 5.08. The molecular weight excluding hydrogens is 440 g/mol. The molecule has 1 saturated heterocycles. The van der Waals surface area contributed by atoms with Crippen LogP contribution < -0.4 is 4.74 Å². The van der Waals surface area contributed by atoms with Gasteiger partial charge in [0.1, 0.15) is 5.75 Å². The van der Waals surface area contributed by atoms with Crippen molar-refractivity contribution >= 4 is 21.8 Å². The van der Waals surface area contributed by atoms with Gasteiger partial charge in [0.15, 0.2) is 0 Å². The van der Waals surface area contributed by atoms with Crippen LogP contribution in [0.2, 0.25) is 0 Å². The molecule has 1 fully saturated rings. The van der Waals surface area contributed by atoms with E-state index in [0.29, 0.717) is 0 Å². The van der Waals surface area contributed by atoms with Crippen LogP contribution >= 0.6 is 15.9 Å². The number of amides is 1. The quantitative estimate of drug-likeness (QED) is 0.527. The molecule has 154 valence electrons. The van der Waals surface area contributed by atoms with Gasteiger partial charge in [-0.3, -0.25) is 9.69 Å². The molecule has 0 aromatic heterocycles. The average Bonchev–Trinajstić information content (AvgIpc) is 2.80. The minimum atomic E-state index is 0.106. The molecule has 0 spiro atoms. The van der Waals surface area contributed by atoms with Gasteiger partial charge in [-0.1, -0.05) is 58.4 Å². The summed E-state index contributed by atoms with van der Waals surface area (Å²) in [5, 5.41) is 0. The molecule has 0 unspecified atom stereocenters. The largest absolute Gasteiger partial charge is 0.496 e. The Morgan fingerprint density at radius 1 is 0.900 bits per heavy atom. The fourth-order valence-corrected chi connectivity index (χ4v) is 4.25. The number of carbonyl (C=O) groups excluding carboxylic acids is 1. The maximum atomic E-state index is 12.9. The van der Waals surface area contributed by atoms with Gasteiger partial charge < -0.3 is 9.64 Å². The smallest absolute Gasteiger partial charge is 0.253 e. The Hall–Kier alpha value is -2.63. The maximum Gasteiger partial charge on any atom is 0.253 e. The van der Waals surface area contributed by atoms with Crippen molar-refractivity contribution in [1.29, 1.82) is 0 Å². The minimum Gasteiger partial charge on any atom is -0.496 e. The lowest BCUT2D eigenvalue weighted by atomic mass is 10.0. The summed E-state index contributed by atoms with van der Waals surface area (Å²) in [6.45, 7) is 3.98. The van der Waals surface area contributed by atoms with Crippen molar-refractivity contribution in [3.05, 3.63) is 88.4 Å². The number of rotatable bonds is 5. The van der Waals surface area contributed by atoms with Crippen LogP contribution in [0.3, 0.4) is 0 Å². The van der Waals surface area contributed by atoms with E-state index in [1.54, 1.807) is 7.11 Å². The molecule has 1 aliphatic heterocycles. The van der Waals surface area contributed by atoms with Crippen LogP contribution in [0.1, 0.15) is 15.9 Å². The molecule has 0 aliphatic carbocycles. The van der Waals surface area contributed by atoms with Crippen molar-refractivity contribution in [2.45, 2.75) is 6.54 Å². The highest BCUT2D eigenvalue weighted by Crippen LogP contribution is 2.25. The zero-order chi connectivity index (χ0) is 20.9. The van der Waals surface area contributed by atoms with E-state index in [4.69, 9.17) is 4.74 Å². The Morgan fingerprint density at radius 2 is 1.57 bits per heavy atom. The lowest BCUT2D eigenvalue weighted by molar-refractivity contribution is 0.0627. The van der Waals surface area contributed by atoms with Crippen LogP contribution in [0.4, 0.5) is 0 Å². The standard InChI is InChI=1S/C25H25BrN2O2/c1-30-24-12-11-23(26)17-22(24)18-27-13-15-28(16-14-27)25(29)21-9-7-20(8-10-21)19-5-3-2-4-6-19/h2-12,17H,13-16,18H2,1H3. The normalized spacial score (nSPS) is 14.5. The van der Waals surface area contributed by atoms with Crippen molar-refractivity contribution < 1.29 is 9.53 Å². The van der Waals surface area contributed by atoms with Crippen LogP contribution in [-0.2, 0) is 6.54 Å². The molecule has 0 N–H and O–H groups in total. The maximum absolute atomic E-state index is 12.9. The van der Waals surface area contributed by atoms with Gasteiger partial charge >= 0.3 is 0 Å². The first-order valence-electron chi connectivity index (χ1n) is 10.1. The summed E-state index contributed by atoms with van der Waals surface area (Å²) in [5.41, 5.74) is 4.19. The van der Waals surface area contributed by atoms with Crippen LogP contribution in [-0.4, -0.2) is 49.0 Å². The van der Waals surface area contributed by atoms with Crippen molar-refractivity contribution in [1.82, 2.24) is 9.80 Å². The summed E-state index contributed by atoms with van der Waals surface area (Å²) in [6, 6.07) is 24.2. The number of hydrogen-bond donors (Lipinski definition) is 0.